The van der Waals surface area contributed by atoms with E-state index in [0.29, 0.717) is 42.4 Å². The number of hydrogen-bond donors (Lipinski definition) is 4. The zero-order chi connectivity index (χ0) is 25.5. The number of nitrogens with one attached hydrogen (secondary N) is 4. The van der Waals surface area contributed by atoms with Gasteiger partial charge in [0, 0.05) is 19.6 Å². The normalized spacial score (nSPS) is 18.2. The second-order valence-corrected chi connectivity index (χ2v) is 10.2. The van der Waals surface area contributed by atoms with E-state index in [2.05, 4.69) is 28.3 Å². The van der Waals surface area contributed by atoms with Crippen molar-refractivity contribution in [2.45, 2.75) is 64.3 Å². The van der Waals surface area contributed by atoms with Crippen molar-refractivity contribution >= 4 is 39.2 Å². The average Bonchev–Trinajstić information content (AvgIpc) is 3.02. The summed E-state index contributed by atoms with van der Waals surface area (Å²) in [6, 6.07) is 3.98. The van der Waals surface area contributed by atoms with E-state index in [1.54, 1.807) is 33.8 Å². The van der Waals surface area contributed by atoms with Gasteiger partial charge in [-0.15, -0.1) is 0 Å². The van der Waals surface area contributed by atoms with Crippen LogP contribution in [0.3, 0.4) is 0 Å². The van der Waals surface area contributed by atoms with Gasteiger partial charge in [0.05, 0.1) is 22.8 Å². The zero-order valence-corrected chi connectivity index (χ0v) is 21.3. The van der Waals surface area contributed by atoms with Crippen LogP contribution in [-0.2, 0) is 19.6 Å². The van der Waals surface area contributed by atoms with Crippen LogP contribution in [-0.4, -0.2) is 67.3 Å². The average molecular weight is 497 g/mol. The Hall–Kier alpha value is -2.86. The van der Waals surface area contributed by atoms with E-state index in [0.717, 1.165) is 12.8 Å². The van der Waals surface area contributed by atoms with Gasteiger partial charge in [-0.05, 0) is 38.0 Å². The number of amides is 4. The van der Waals surface area contributed by atoms with Crippen LogP contribution in [0.25, 0.3) is 0 Å². The maximum absolute atomic E-state index is 13.0. The van der Waals surface area contributed by atoms with Gasteiger partial charge in [-0.3, -0.25) is 15.0 Å². The third kappa shape index (κ3) is 5.98. The van der Waals surface area contributed by atoms with Gasteiger partial charge in [-0.2, -0.15) is 9.31 Å². The number of nitrogens with zero attached hydrogens (tertiary/aromatic N) is 2. The van der Waals surface area contributed by atoms with Crippen LogP contribution in [0.1, 0.15) is 53.9 Å². The zero-order valence-electron chi connectivity index (χ0n) is 20.5. The highest BCUT2D eigenvalue weighted by molar-refractivity contribution is 7.89. The topological polar surface area (TPSA) is 140 Å². The van der Waals surface area contributed by atoms with Gasteiger partial charge >= 0.3 is 6.03 Å². The van der Waals surface area contributed by atoms with Gasteiger partial charge in [-0.25, -0.2) is 13.2 Å². The van der Waals surface area contributed by atoms with Crippen LogP contribution in [0.2, 0.25) is 0 Å². The summed E-state index contributed by atoms with van der Waals surface area (Å²) >= 11 is 0. The molecule has 0 aliphatic carbocycles. The number of sulfonamides is 1. The Morgan fingerprint density at radius 1 is 1.09 bits per heavy atom. The highest BCUT2D eigenvalue weighted by atomic mass is 32.2. The molecular formula is C22H36N6O5S. The van der Waals surface area contributed by atoms with E-state index >= 15 is 0 Å². The van der Waals surface area contributed by atoms with Crippen LogP contribution >= 0.6 is 0 Å². The van der Waals surface area contributed by atoms with Crippen molar-refractivity contribution < 1.29 is 22.8 Å². The van der Waals surface area contributed by atoms with Gasteiger partial charge in [0.25, 0.3) is 11.8 Å². The van der Waals surface area contributed by atoms with E-state index in [-0.39, 0.29) is 11.4 Å². The third-order valence-corrected chi connectivity index (χ3v) is 7.87. The number of carbonyl (C=O) groups excluding carboxylic acids is 3. The number of benzene rings is 1. The predicted octanol–water partition coefficient (Wildman–Crippen LogP) is 2.09. The molecule has 0 aromatic heterocycles. The summed E-state index contributed by atoms with van der Waals surface area (Å²) in [4.78, 5) is 37.2. The molecule has 1 aromatic carbocycles. The molecule has 0 spiro atoms. The molecule has 1 atom stereocenters. The largest absolute Gasteiger partial charge is 0.383 e. The molecule has 1 heterocycles. The fourth-order valence-corrected chi connectivity index (χ4v) is 4.95. The van der Waals surface area contributed by atoms with Crippen molar-refractivity contribution in [3.63, 3.8) is 0 Å². The summed E-state index contributed by atoms with van der Waals surface area (Å²) in [5, 5.41) is 9.43. The molecule has 0 saturated carbocycles. The Bertz CT molecular complexity index is 1010. The highest BCUT2D eigenvalue weighted by Gasteiger charge is 2.47. The summed E-state index contributed by atoms with van der Waals surface area (Å²) in [6.07, 6.45) is 2.28. The Morgan fingerprint density at radius 3 is 2.32 bits per heavy atom. The number of urea groups is 1. The van der Waals surface area contributed by atoms with Crippen LogP contribution in [0.4, 0.5) is 16.2 Å². The maximum atomic E-state index is 13.0. The summed E-state index contributed by atoms with van der Waals surface area (Å²) < 4.78 is 27.3. The molecule has 1 aliphatic rings. The molecule has 1 aliphatic heterocycles. The first-order valence-corrected chi connectivity index (χ1v) is 13.1. The smallest absolute Gasteiger partial charge is 0.344 e. The highest BCUT2D eigenvalue weighted by Crippen LogP contribution is 2.27. The van der Waals surface area contributed by atoms with Gasteiger partial charge in [0.2, 0.25) is 10.0 Å². The van der Waals surface area contributed by atoms with E-state index < -0.39 is 33.4 Å². The van der Waals surface area contributed by atoms with Crippen LogP contribution in [0, 0.1) is 0 Å². The van der Waals surface area contributed by atoms with E-state index in [4.69, 9.17) is 0 Å². The van der Waals surface area contributed by atoms with Crippen molar-refractivity contribution in [3.8, 4) is 0 Å². The molecule has 190 valence electrons. The van der Waals surface area contributed by atoms with Gasteiger partial charge < -0.3 is 16.0 Å². The van der Waals surface area contributed by atoms with E-state index in [9.17, 15) is 22.8 Å². The van der Waals surface area contributed by atoms with Crippen molar-refractivity contribution in [2.24, 2.45) is 0 Å². The number of carbonyl (C=O) groups is 3. The molecule has 11 nitrogen and oxygen atoms in total. The van der Waals surface area contributed by atoms with Gasteiger partial charge in [-0.1, -0.05) is 34.1 Å². The minimum Gasteiger partial charge on any atom is -0.383 e. The molecule has 12 heteroatoms. The lowest BCUT2D eigenvalue weighted by molar-refractivity contribution is -0.138. The second-order valence-electron chi connectivity index (χ2n) is 8.22. The number of imide groups is 1. The van der Waals surface area contributed by atoms with Crippen molar-refractivity contribution in [3.05, 3.63) is 18.2 Å². The van der Waals surface area contributed by atoms with Gasteiger partial charge in [0.15, 0.2) is 0 Å². The summed E-state index contributed by atoms with van der Waals surface area (Å²) in [7, 11) is -3.69. The molecule has 34 heavy (non-hydrogen) atoms. The molecule has 0 radical (unpaired) electrons. The first-order chi connectivity index (χ1) is 16.0. The minimum absolute atomic E-state index is 0.105. The van der Waals surface area contributed by atoms with Crippen molar-refractivity contribution in [1.29, 1.82) is 0 Å². The van der Waals surface area contributed by atoms with Crippen LogP contribution in [0.5, 0.6) is 0 Å². The molecule has 1 aromatic rings. The monoisotopic (exact) mass is 496 g/mol. The fraction of sp³-hybridized carbons (Fsp3) is 0.591. The van der Waals surface area contributed by atoms with Crippen molar-refractivity contribution in [1.82, 2.24) is 20.1 Å². The molecule has 4 N–H and O–H groups in total. The van der Waals surface area contributed by atoms with E-state index in [1.807, 2.05) is 0 Å². The number of hydrogen-bond acceptors (Lipinski definition) is 7. The second kappa shape index (κ2) is 11.5. The molecule has 2 rings (SSSR count). The molecule has 0 bridgehead atoms. The standard InChI is InChI=1S/C22H36N6O5S/c1-6-10-13-23-17-12-11-16(34(32,33)27(8-3)9-4)14-18(17)24-15-19(29)26-28-20(30)22(5,7-2)25-21(28)31/h11-12,14,23-24H,6-10,13,15H2,1-5H3,(H,25,31)(H,26,29). The summed E-state index contributed by atoms with van der Waals surface area (Å²) in [5.41, 5.74) is 2.32. The summed E-state index contributed by atoms with van der Waals surface area (Å²) in [5.74, 6) is -1.16. The Labute approximate surface area is 201 Å². The molecule has 1 unspecified atom stereocenters. The molecular weight excluding hydrogens is 460 g/mol. The lowest BCUT2D eigenvalue weighted by Crippen LogP contribution is -2.50. The Balaban J connectivity index is 2.20. The molecule has 1 fully saturated rings. The summed E-state index contributed by atoms with van der Waals surface area (Å²) in [6.45, 7) is 10.0. The number of hydrazine groups is 1. The quantitative estimate of drug-likeness (QED) is 0.242. The maximum Gasteiger partial charge on any atom is 0.344 e. The Kier molecular flexibility index (Phi) is 9.28. The number of unbranched alkanes of at least 4 members (excludes halogenated alkanes) is 1. The van der Waals surface area contributed by atoms with Crippen molar-refractivity contribution in [2.75, 3.05) is 36.8 Å². The first kappa shape index (κ1) is 27.4. The third-order valence-electron chi connectivity index (χ3n) is 5.82. The fourth-order valence-electron chi connectivity index (χ4n) is 3.46. The first-order valence-electron chi connectivity index (χ1n) is 11.6. The SMILES string of the molecule is CCCCNc1ccc(S(=O)(=O)N(CC)CC)cc1NCC(=O)NN1C(=O)NC(C)(CC)C1=O. The Morgan fingerprint density at radius 2 is 1.76 bits per heavy atom. The molecule has 1 saturated heterocycles. The lowest BCUT2D eigenvalue weighted by atomic mass is 10.00. The lowest BCUT2D eigenvalue weighted by Gasteiger charge is -2.21. The molecule has 4 amide bonds. The number of anilines is 2. The van der Waals surface area contributed by atoms with E-state index in [1.165, 1.54) is 16.4 Å². The number of rotatable bonds is 13. The predicted molar refractivity (Wildman–Crippen MR) is 131 cm³/mol. The van der Waals surface area contributed by atoms with Crippen LogP contribution in [0.15, 0.2) is 23.1 Å². The van der Waals surface area contributed by atoms with Crippen LogP contribution < -0.4 is 21.4 Å². The van der Waals surface area contributed by atoms with Gasteiger partial charge in [0.1, 0.15) is 5.54 Å². The minimum atomic E-state index is -3.69.